The van der Waals surface area contributed by atoms with Gasteiger partial charge in [-0.25, -0.2) is 4.79 Å². The van der Waals surface area contributed by atoms with Gasteiger partial charge in [-0.3, -0.25) is 0 Å². The molecule has 0 aromatic heterocycles. The van der Waals surface area contributed by atoms with Gasteiger partial charge in [0.25, 0.3) is 0 Å². The molecule has 0 saturated carbocycles. The minimum atomic E-state index is -0.472. The highest BCUT2D eigenvalue weighted by Gasteiger charge is 2.17. The molecule has 0 aliphatic carbocycles. The van der Waals surface area contributed by atoms with Crippen LogP contribution in [0.3, 0.4) is 0 Å². The fraction of sp³-hybridized carbons (Fsp3) is 0.188. The zero-order valence-electron chi connectivity index (χ0n) is 11.7. The molecule has 0 radical (unpaired) electrons. The Hall–Kier alpha value is -1.33. The maximum absolute atomic E-state index is 11.7. The van der Waals surface area contributed by atoms with E-state index in [2.05, 4.69) is 50.1 Å². The summed E-state index contributed by atoms with van der Waals surface area (Å²) in [4.78, 5) is 11.7. The van der Waals surface area contributed by atoms with Gasteiger partial charge in [0, 0.05) is 10.9 Å². The van der Waals surface area contributed by atoms with Crippen LogP contribution in [0.5, 0.6) is 0 Å². The van der Waals surface area contributed by atoms with Crippen molar-refractivity contribution in [3.8, 4) is 0 Å². The van der Waals surface area contributed by atoms with Crippen LogP contribution in [-0.2, 0) is 19.6 Å². The molecule has 110 valence electrons. The van der Waals surface area contributed by atoms with Crippen LogP contribution in [0.1, 0.15) is 11.1 Å². The second-order valence-electron chi connectivity index (χ2n) is 4.33. The Morgan fingerprint density at radius 3 is 2.52 bits per heavy atom. The van der Waals surface area contributed by atoms with Gasteiger partial charge in [0.05, 0.1) is 14.2 Å². The summed E-state index contributed by atoms with van der Waals surface area (Å²) in [5.41, 5.74) is 2.00. The normalized spacial score (nSPS) is 12.0. The highest BCUT2D eigenvalue weighted by atomic mass is 79.9. The molecule has 0 heterocycles. The zero-order valence-corrected chi connectivity index (χ0v) is 14.8. The van der Waals surface area contributed by atoms with Crippen molar-refractivity contribution in [1.82, 2.24) is 0 Å². The standard InChI is InChI=1S/C16H14Br2O3/c1-20-15(14(18)16(19)21-2)12-5-3-4-11-7-6-10(9-17)8-13(11)12/h3-8H,9H2,1-2H3. The van der Waals surface area contributed by atoms with Gasteiger partial charge in [-0.2, -0.15) is 0 Å². The largest absolute Gasteiger partial charge is 0.495 e. The van der Waals surface area contributed by atoms with Gasteiger partial charge < -0.3 is 9.47 Å². The van der Waals surface area contributed by atoms with Crippen molar-refractivity contribution in [1.29, 1.82) is 0 Å². The minimum absolute atomic E-state index is 0.268. The third-order valence-electron chi connectivity index (χ3n) is 3.11. The quantitative estimate of drug-likeness (QED) is 0.317. The minimum Gasteiger partial charge on any atom is -0.495 e. The Morgan fingerprint density at radius 1 is 1.14 bits per heavy atom. The first-order valence-electron chi connectivity index (χ1n) is 6.22. The predicted molar refractivity (Wildman–Crippen MR) is 91.5 cm³/mol. The van der Waals surface area contributed by atoms with Crippen LogP contribution in [0.4, 0.5) is 0 Å². The first-order valence-corrected chi connectivity index (χ1v) is 8.14. The third kappa shape index (κ3) is 3.30. The van der Waals surface area contributed by atoms with Gasteiger partial charge in [0.15, 0.2) is 0 Å². The molecule has 21 heavy (non-hydrogen) atoms. The van der Waals surface area contributed by atoms with E-state index in [1.54, 1.807) is 0 Å². The number of ether oxygens (including phenoxy) is 2. The molecule has 0 spiro atoms. The molecule has 0 aliphatic heterocycles. The Morgan fingerprint density at radius 2 is 1.90 bits per heavy atom. The van der Waals surface area contributed by atoms with Crippen molar-refractivity contribution < 1.29 is 14.3 Å². The summed E-state index contributed by atoms with van der Waals surface area (Å²) in [7, 11) is 2.87. The molecule has 5 heteroatoms. The molecule has 0 saturated heterocycles. The molecule has 0 atom stereocenters. The molecule has 0 amide bonds. The van der Waals surface area contributed by atoms with Crippen LogP contribution in [0, 0.1) is 0 Å². The molecule has 2 aromatic rings. The van der Waals surface area contributed by atoms with E-state index in [4.69, 9.17) is 9.47 Å². The lowest BCUT2D eigenvalue weighted by molar-refractivity contribution is -0.135. The summed E-state index contributed by atoms with van der Waals surface area (Å²) in [6, 6.07) is 12.1. The van der Waals surface area contributed by atoms with E-state index in [1.807, 2.05) is 18.2 Å². The van der Waals surface area contributed by atoms with Gasteiger partial charge in [-0.15, -0.1) is 0 Å². The van der Waals surface area contributed by atoms with Gasteiger partial charge in [0.1, 0.15) is 10.2 Å². The fourth-order valence-corrected chi connectivity index (χ4v) is 2.99. The van der Waals surface area contributed by atoms with Crippen LogP contribution in [0.2, 0.25) is 0 Å². The number of alkyl halides is 1. The molecular formula is C16H14Br2O3. The molecular weight excluding hydrogens is 400 g/mol. The molecule has 2 aromatic carbocycles. The van der Waals surface area contributed by atoms with Gasteiger partial charge in [0.2, 0.25) is 0 Å². The van der Waals surface area contributed by atoms with Crippen molar-refractivity contribution in [2.24, 2.45) is 0 Å². The molecule has 0 N–H and O–H groups in total. The molecule has 0 aliphatic rings. The Kier molecular flexibility index (Phi) is 5.42. The average molecular weight is 414 g/mol. The van der Waals surface area contributed by atoms with Crippen molar-refractivity contribution in [2.45, 2.75) is 5.33 Å². The van der Waals surface area contributed by atoms with E-state index in [-0.39, 0.29) is 4.48 Å². The Balaban J connectivity index is 2.72. The lowest BCUT2D eigenvalue weighted by Gasteiger charge is -2.12. The number of carbonyl (C=O) groups excluding carboxylic acids is 1. The first-order chi connectivity index (χ1) is 10.1. The lowest BCUT2D eigenvalue weighted by Crippen LogP contribution is -2.04. The number of halogens is 2. The predicted octanol–water partition coefficient (Wildman–Crippen LogP) is 4.62. The van der Waals surface area contributed by atoms with Crippen molar-refractivity contribution in [2.75, 3.05) is 14.2 Å². The maximum atomic E-state index is 11.7. The average Bonchev–Trinajstić information content (AvgIpc) is 2.54. The van der Waals surface area contributed by atoms with Crippen LogP contribution in [0.15, 0.2) is 40.9 Å². The van der Waals surface area contributed by atoms with E-state index in [9.17, 15) is 4.79 Å². The Bertz CT molecular complexity index is 708. The number of hydrogen-bond donors (Lipinski definition) is 0. The van der Waals surface area contributed by atoms with Crippen LogP contribution in [0.25, 0.3) is 16.5 Å². The topological polar surface area (TPSA) is 35.5 Å². The summed E-state index contributed by atoms with van der Waals surface area (Å²) in [5, 5.41) is 2.87. The second-order valence-corrected chi connectivity index (χ2v) is 5.69. The molecule has 0 fully saturated rings. The van der Waals surface area contributed by atoms with E-state index in [1.165, 1.54) is 14.2 Å². The zero-order chi connectivity index (χ0) is 15.4. The summed E-state index contributed by atoms with van der Waals surface area (Å²) in [6.45, 7) is 0. The summed E-state index contributed by atoms with van der Waals surface area (Å²) < 4.78 is 10.4. The summed E-state index contributed by atoms with van der Waals surface area (Å²) in [5.74, 6) is -0.0142. The van der Waals surface area contributed by atoms with Gasteiger partial charge >= 0.3 is 5.97 Å². The van der Waals surface area contributed by atoms with Gasteiger partial charge in [-0.05, 0) is 38.3 Å². The molecule has 0 bridgehead atoms. The number of carbonyl (C=O) groups is 1. The number of esters is 1. The summed E-state index contributed by atoms with van der Waals surface area (Å²) >= 11 is 6.72. The number of benzene rings is 2. The van der Waals surface area contributed by atoms with Crippen LogP contribution in [-0.4, -0.2) is 20.2 Å². The third-order valence-corrected chi connectivity index (χ3v) is 4.44. The fourth-order valence-electron chi connectivity index (χ4n) is 2.10. The second kappa shape index (κ2) is 7.09. The maximum Gasteiger partial charge on any atom is 0.348 e. The first kappa shape index (κ1) is 16.0. The highest BCUT2D eigenvalue weighted by Crippen LogP contribution is 2.31. The van der Waals surface area contributed by atoms with Gasteiger partial charge in [-0.1, -0.05) is 46.3 Å². The van der Waals surface area contributed by atoms with E-state index >= 15 is 0 Å². The number of methoxy groups -OCH3 is 2. The smallest absolute Gasteiger partial charge is 0.348 e. The lowest BCUT2D eigenvalue weighted by atomic mass is 10.0. The number of hydrogen-bond acceptors (Lipinski definition) is 3. The van der Waals surface area contributed by atoms with Crippen LogP contribution >= 0.6 is 31.9 Å². The SMILES string of the molecule is COC(=O)C(Br)=C(OC)c1cccc2ccc(CBr)cc12. The van der Waals surface area contributed by atoms with Crippen molar-refractivity contribution >= 4 is 54.4 Å². The van der Waals surface area contributed by atoms with E-state index < -0.39 is 5.97 Å². The van der Waals surface area contributed by atoms with Crippen LogP contribution < -0.4 is 0 Å². The number of fused-ring (bicyclic) bond motifs is 1. The van der Waals surface area contributed by atoms with E-state index in [0.29, 0.717) is 5.76 Å². The molecule has 0 unspecified atom stereocenters. The summed E-state index contributed by atoms with van der Waals surface area (Å²) in [6.07, 6.45) is 0. The number of rotatable bonds is 4. The van der Waals surface area contributed by atoms with Crippen molar-refractivity contribution in [3.05, 3.63) is 52.0 Å². The molecule has 3 nitrogen and oxygen atoms in total. The van der Waals surface area contributed by atoms with E-state index in [0.717, 1.165) is 27.2 Å². The molecule has 2 rings (SSSR count). The monoisotopic (exact) mass is 412 g/mol. The van der Waals surface area contributed by atoms with Crippen molar-refractivity contribution in [3.63, 3.8) is 0 Å². The Labute approximate surface area is 140 Å². The highest BCUT2D eigenvalue weighted by molar-refractivity contribution is 9.12.